The van der Waals surface area contributed by atoms with Crippen molar-refractivity contribution in [2.24, 2.45) is 0 Å². The Morgan fingerprint density at radius 2 is 2.15 bits per heavy atom. The number of rotatable bonds is 1. The average Bonchev–Trinajstić information content (AvgIpc) is 2.93. The van der Waals surface area contributed by atoms with Crippen molar-refractivity contribution < 1.29 is 4.79 Å². The fourth-order valence-electron chi connectivity index (χ4n) is 2.66. The van der Waals surface area contributed by atoms with Gasteiger partial charge in [0.05, 0.1) is 15.2 Å². The zero-order valence-corrected chi connectivity index (χ0v) is 14.4. The first kappa shape index (κ1) is 15.6. The number of benzene rings is 1. The van der Waals surface area contributed by atoms with Gasteiger partial charge < -0.3 is 9.69 Å². The van der Waals surface area contributed by atoms with Crippen LogP contribution in [0, 0.1) is 0 Å². The Bertz CT molecular complexity index is 611. The monoisotopic (exact) mass is 354 g/mol. The van der Waals surface area contributed by atoms with E-state index in [2.05, 4.69) is 59.9 Å². The smallest absolute Gasteiger partial charge is 0.106 e. The van der Waals surface area contributed by atoms with Crippen molar-refractivity contribution in [2.45, 2.75) is 31.7 Å². The van der Waals surface area contributed by atoms with Gasteiger partial charge in [0.25, 0.3) is 0 Å². The van der Waals surface area contributed by atoms with Gasteiger partial charge in [-0.25, -0.2) is 4.98 Å². The van der Waals surface area contributed by atoms with Gasteiger partial charge in [-0.2, -0.15) is 0 Å². The molecule has 2 aromatic rings. The third-order valence-electron chi connectivity index (χ3n) is 3.99. The maximum absolute atomic E-state index is 8.00. The standard InChI is InChI=1S/C14H17BrN2S.CH2O/c1-14(2)7-9(8-17(14)3)13-16-11-6-10(15)4-5-12(11)18-13;1-2/h4-6,9H,7-8H2,1-3H3;1H2. The highest BCUT2D eigenvalue weighted by molar-refractivity contribution is 9.10. The second kappa shape index (κ2) is 5.92. The largest absolute Gasteiger partial charge is 0.307 e. The predicted molar refractivity (Wildman–Crippen MR) is 88.5 cm³/mol. The highest BCUT2D eigenvalue weighted by Crippen LogP contribution is 2.40. The van der Waals surface area contributed by atoms with Gasteiger partial charge in [-0.15, -0.1) is 11.3 Å². The van der Waals surface area contributed by atoms with Gasteiger partial charge in [0.1, 0.15) is 6.79 Å². The lowest BCUT2D eigenvalue weighted by Crippen LogP contribution is -2.34. The van der Waals surface area contributed by atoms with Crippen molar-refractivity contribution in [3.05, 3.63) is 27.7 Å². The van der Waals surface area contributed by atoms with Crippen molar-refractivity contribution in [3.8, 4) is 0 Å². The van der Waals surface area contributed by atoms with E-state index in [0.29, 0.717) is 11.5 Å². The number of carbonyl (C=O) groups is 1. The lowest BCUT2D eigenvalue weighted by atomic mass is 9.97. The van der Waals surface area contributed by atoms with E-state index < -0.39 is 0 Å². The molecule has 1 aromatic carbocycles. The molecule has 5 heteroatoms. The number of fused-ring (bicyclic) bond motifs is 1. The number of thiazole rings is 1. The molecule has 1 fully saturated rings. The highest BCUT2D eigenvalue weighted by atomic mass is 79.9. The van der Waals surface area contributed by atoms with E-state index in [1.54, 1.807) is 0 Å². The number of carbonyl (C=O) groups excluding carboxylic acids is 1. The normalized spacial score (nSPS) is 21.7. The molecule has 108 valence electrons. The van der Waals surface area contributed by atoms with E-state index in [-0.39, 0.29) is 0 Å². The Morgan fingerprint density at radius 1 is 1.45 bits per heavy atom. The Morgan fingerprint density at radius 3 is 2.75 bits per heavy atom. The van der Waals surface area contributed by atoms with Crippen LogP contribution in [0.5, 0.6) is 0 Å². The number of likely N-dealkylation sites (tertiary alicyclic amines) is 1. The summed E-state index contributed by atoms with van der Waals surface area (Å²) >= 11 is 5.36. The number of likely N-dealkylation sites (N-methyl/N-ethyl adjacent to an activating group) is 1. The lowest BCUT2D eigenvalue weighted by Gasteiger charge is -2.26. The second-order valence-electron chi connectivity index (χ2n) is 5.76. The van der Waals surface area contributed by atoms with Crippen LogP contribution in [0.1, 0.15) is 31.2 Å². The molecule has 0 aliphatic carbocycles. The molecule has 1 atom stereocenters. The van der Waals surface area contributed by atoms with Gasteiger partial charge in [-0.1, -0.05) is 15.9 Å². The molecule has 1 aliphatic rings. The SMILES string of the molecule is C=O.CN1CC(c2nc3cc(Br)ccc3s2)CC1(C)C. The number of halogens is 1. The molecule has 0 amide bonds. The van der Waals surface area contributed by atoms with Gasteiger partial charge in [0.2, 0.25) is 0 Å². The molecule has 3 rings (SSSR count). The maximum atomic E-state index is 8.00. The molecule has 0 spiro atoms. The zero-order chi connectivity index (χ0) is 14.9. The zero-order valence-electron chi connectivity index (χ0n) is 12.0. The van der Waals surface area contributed by atoms with Crippen LogP contribution in [0.15, 0.2) is 22.7 Å². The van der Waals surface area contributed by atoms with E-state index in [4.69, 9.17) is 9.78 Å². The van der Waals surface area contributed by atoms with Gasteiger partial charge in [0.15, 0.2) is 0 Å². The molecule has 3 nitrogen and oxygen atoms in total. The molecule has 1 aliphatic heterocycles. The van der Waals surface area contributed by atoms with Crippen LogP contribution in [0.25, 0.3) is 10.2 Å². The van der Waals surface area contributed by atoms with Crippen LogP contribution in [-0.4, -0.2) is 35.8 Å². The molecule has 1 unspecified atom stereocenters. The maximum Gasteiger partial charge on any atom is 0.106 e. The Hall–Kier alpha value is -0.780. The second-order valence-corrected chi connectivity index (χ2v) is 7.74. The summed E-state index contributed by atoms with van der Waals surface area (Å²) in [5, 5.41) is 1.29. The molecular weight excluding hydrogens is 336 g/mol. The molecular formula is C15H19BrN2OS. The van der Waals surface area contributed by atoms with E-state index >= 15 is 0 Å². The number of hydrogen-bond acceptors (Lipinski definition) is 4. The van der Waals surface area contributed by atoms with E-state index in [9.17, 15) is 0 Å². The van der Waals surface area contributed by atoms with Crippen molar-refractivity contribution in [3.63, 3.8) is 0 Å². The topological polar surface area (TPSA) is 33.2 Å². The Kier molecular flexibility index (Phi) is 4.62. The summed E-state index contributed by atoms with van der Waals surface area (Å²) in [6.45, 7) is 7.75. The fraction of sp³-hybridized carbons (Fsp3) is 0.467. The molecule has 0 bridgehead atoms. The van der Waals surface area contributed by atoms with Crippen LogP contribution in [0.2, 0.25) is 0 Å². The van der Waals surface area contributed by atoms with Crippen LogP contribution in [-0.2, 0) is 4.79 Å². The summed E-state index contributed by atoms with van der Waals surface area (Å²) in [5.74, 6) is 0.584. The molecule has 0 radical (unpaired) electrons. The number of hydrogen-bond donors (Lipinski definition) is 0. The first-order valence-electron chi connectivity index (χ1n) is 6.52. The van der Waals surface area contributed by atoms with Crippen LogP contribution >= 0.6 is 27.3 Å². The third-order valence-corrected chi connectivity index (χ3v) is 5.68. The summed E-state index contributed by atoms with van der Waals surface area (Å²) in [5.41, 5.74) is 1.42. The first-order valence-corrected chi connectivity index (χ1v) is 8.13. The van der Waals surface area contributed by atoms with Gasteiger partial charge in [-0.3, -0.25) is 0 Å². The van der Waals surface area contributed by atoms with Gasteiger partial charge in [0, 0.05) is 22.5 Å². The number of aromatic nitrogens is 1. The molecule has 20 heavy (non-hydrogen) atoms. The highest BCUT2D eigenvalue weighted by Gasteiger charge is 2.37. The Labute approximate surface area is 132 Å². The summed E-state index contributed by atoms with van der Waals surface area (Å²) in [6.07, 6.45) is 1.20. The quantitative estimate of drug-likeness (QED) is 0.773. The van der Waals surface area contributed by atoms with E-state index in [1.807, 2.05) is 18.1 Å². The summed E-state index contributed by atoms with van der Waals surface area (Å²) in [4.78, 5) is 15.3. The molecule has 1 aromatic heterocycles. The summed E-state index contributed by atoms with van der Waals surface area (Å²) < 4.78 is 2.40. The minimum absolute atomic E-state index is 0.295. The Balaban J connectivity index is 0.000000704. The van der Waals surface area contributed by atoms with Gasteiger partial charge in [-0.05, 0) is 45.5 Å². The van der Waals surface area contributed by atoms with Crippen molar-refractivity contribution >= 4 is 44.3 Å². The van der Waals surface area contributed by atoms with Crippen molar-refractivity contribution in [1.29, 1.82) is 0 Å². The van der Waals surface area contributed by atoms with Crippen LogP contribution in [0.4, 0.5) is 0 Å². The first-order chi connectivity index (χ1) is 9.45. The minimum atomic E-state index is 0.295. The molecule has 1 saturated heterocycles. The molecule has 2 heterocycles. The minimum Gasteiger partial charge on any atom is -0.307 e. The van der Waals surface area contributed by atoms with Gasteiger partial charge >= 0.3 is 0 Å². The number of nitrogens with zero attached hydrogens (tertiary/aromatic N) is 2. The summed E-state index contributed by atoms with van der Waals surface area (Å²) in [7, 11) is 2.21. The average molecular weight is 355 g/mol. The third kappa shape index (κ3) is 2.95. The van der Waals surface area contributed by atoms with Crippen molar-refractivity contribution in [1.82, 2.24) is 9.88 Å². The van der Waals surface area contributed by atoms with Crippen molar-refractivity contribution in [2.75, 3.05) is 13.6 Å². The summed E-state index contributed by atoms with van der Waals surface area (Å²) in [6, 6.07) is 6.36. The lowest BCUT2D eigenvalue weighted by molar-refractivity contribution is -0.0979. The predicted octanol–water partition coefficient (Wildman–Crippen LogP) is 4.07. The van der Waals surface area contributed by atoms with E-state index in [0.717, 1.165) is 16.5 Å². The van der Waals surface area contributed by atoms with E-state index in [1.165, 1.54) is 16.1 Å². The molecule has 0 saturated carbocycles. The fourth-order valence-corrected chi connectivity index (χ4v) is 4.05. The van der Waals surface area contributed by atoms with Crippen LogP contribution < -0.4 is 0 Å². The molecule has 0 N–H and O–H groups in total. The van der Waals surface area contributed by atoms with Crippen LogP contribution in [0.3, 0.4) is 0 Å².